The second-order valence-electron chi connectivity index (χ2n) is 5.25. The largest absolute Gasteiger partial charge is 0.478 e. The Hall–Kier alpha value is -2.62. The van der Waals surface area contributed by atoms with E-state index in [-0.39, 0.29) is 17.4 Å². The zero-order valence-electron chi connectivity index (χ0n) is 11.4. The van der Waals surface area contributed by atoms with Gasteiger partial charge in [0, 0.05) is 11.6 Å². The van der Waals surface area contributed by atoms with E-state index in [9.17, 15) is 9.59 Å². The van der Waals surface area contributed by atoms with Gasteiger partial charge < -0.3 is 10.4 Å². The van der Waals surface area contributed by atoms with Gasteiger partial charge in [-0.3, -0.25) is 4.79 Å². The molecule has 0 saturated heterocycles. The third-order valence-corrected chi connectivity index (χ3v) is 3.82. The van der Waals surface area contributed by atoms with Gasteiger partial charge in [-0.15, -0.1) is 0 Å². The molecule has 0 fully saturated rings. The van der Waals surface area contributed by atoms with Gasteiger partial charge in [0.05, 0.1) is 5.56 Å². The minimum Gasteiger partial charge on any atom is -0.478 e. The molecular formula is C17H15NO3. The molecule has 0 bridgehead atoms. The molecular weight excluding hydrogens is 266 g/mol. The van der Waals surface area contributed by atoms with Crippen molar-refractivity contribution < 1.29 is 14.7 Å². The van der Waals surface area contributed by atoms with Crippen molar-refractivity contribution in [3.8, 4) is 0 Å². The lowest BCUT2D eigenvalue weighted by molar-refractivity contribution is -0.119. The Bertz CT molecular complexity index is 666. The Labute approximate surface area is 122 Å². The van der Waals surface area contributed by atoms with E-state index in [0.29, 0.717) is 5.69 Å². The topological polar surface area (TPSA) is 66.4 Å². The molecule has 2 aromatic carbocycles. The van der Waals surface area contributed by atoms with E-state index in [2.05, 4.69) is 17.4 Å². The van der Waals surface area contributed by atoms with Gasteiger partial charge in [-0.05, 0) is 48.2 Å². The average molecular weight is 281 g/mol. The third kappa shape index (κ3) is 2.79. The third-order valence-electron chi connectivity index (χ3n) is 3.82. The number of nitrogens with one attached hydrogen (secondary N) is 1. The molecule has 1 aliphatic rings. The maximum Gasteiger partial charge on any atom is 0.335 e. The van der Waals surface area contributed by atoms with Crippen LogP contribution in [0.25, 0.3) is 0 Å². The summed E-state index contributed by atoms with van der Waals surface area (Å²) < 4.78 is 0. The fraction of sp³-hybridized carbons (Fsp3) is 0.176. The summed E-state index contributed by atoms with van der Waals surface area (Å²) in [5.74, 6) is -1.05. The van der Waals surface area contributed by atoms with Crippen molar-refractivity contribution in [1.29, 1.82) is 0 Å². The van der Waals surface area contributed by atoms with Gasteiger partial charge in [0.25, 0.3) is 0 Å². The number of carbonyl (C=O) groups is 2. The number of rotatable bonds is 3. The minimum atomic E-state index is -0.973. The number of hydrogen-bond acceptors (Lipinski definition) is 2. The highest BCUT2D eigenvalue weighted by molar-refractivity contribution is 5.94. The molecule has 0 atom stereocenters. The van der Waals surface area contributed by atoms with E-state index in [1.165, 1.54) is 23.3 Å². The van der Waals surface area contributed by atoms with Crippen LogP contribution in [0.1, 0.15) is 21.5 Å². The molecule has 1 aliphatic carbocycles. The molecule has 4 heteroatoms. The monoisotopic (exact) mass is 281 g/mol. The van der Waals surface area contributed by atoms with Gasteiger partial charge in [0.1, 0.15) is 0 Å². The highest BCUT2D eigenvalue weighted by Crippen LogP contribution is 2.27. The Kier molecular flexibility index (Phi) is 3.44. The first-order chi connectivity index (χ1) is 10.1. The molecule has 1 amide bonds. The van der Waals surface area contributed by atoms with Crippen LogP contribution in [0.15, 0.2) is 48.5 Å². The minimum absolute atomic E-state index is 0.0192. The predicted molar refractivity (Wildman–Crippen MR) is 79.4 cm³/mol. The highest BCUT2D eigenvalue weighted by Gasteiger charge is 2.26. The molecule has 21 heavy (non-hydrogen) atoms. The van der Waals surface area contributed by atoms with Gasteiger partial charge in [0.15, 0.2) is 0 Å². The number of amides is 1. The first-order valence-electron chi connectivity index (χ1n) is 6.84. The van der Waals surface area contributed by atoms with Crippen LogP contribution in [-0.2, 0) is 17.6 Å². The van der Waals surface area contributed by atoms with Crippen molar-refractivity contribution in [2.45, 2.75) is 12.8 Å². The number of anilines is 1. The zero-order valence-corrected chi connectivity index (χ0v) is 11.4. The van der Waals surface area contributed by atoms with Crippen molar-refractivity contribution in [3.05, 3.63) is 65.2 Å². The lowest BCUT2D eigenvalue weighted by Gasteiger charge is -2.10. The fourth-order valence-corrected chi connectivity index (χ4v) is 2.68. The molecule has 2 aromatic rings. The summed E-state index contributed by atoms with van der Waals surface area (Å²) in [5.41, 5.74) is 3.31. The van der Waals surface area contributed by atoms with Crippen molar-refractivity contribution in [2.24, 2.45) is 5.92 Å². The average Bonchev–Trinajstić information content (AvgIpc) is 2.92. The van der Waals surface area contributed by atoms with Crippen LogP contribution in [-0.4, -0.2) is 17.0 Å². The molecule has 3 rings (SSSR count). The summed E-state index contributed by atoms with van der Waals surface area (Å²) in [6.45, 7) is 0. The summed E-state index contributed by atoms with van der Waals surface area (Å²) in [5, 5.41) is 11.7. The lowest BCUT2D eigenvalue weighted by atomic mass is 10.1. The maximum absolute atomic E-state index is 12.3. The van der Waals surface area contributed by atoms with Gasteiger partial charge in [-0.25, -0.2) is 4.79 Å². The molecule has 0 aliphatic heterocycles. The van der Waals surface area contributed by atoms with Crippen LogP contribution in [0.3, 0.4) is 0 Å². The fourth-order valence-electron chi connectivity index (χ4n) is 2.68. The van der Waals surface area contributed by atoms with E-state index in [0.717, 1.165) is 12.8 Å². The van der Waals surface area contributed by atoms with Crippen molar-refractivity contribution in [2.75, 3.05) is 5.32 Å². The van der Waals surface area contributed by atoms with Crippen LogP contribution >= 0.6 is 0 Å². The summed E-state index contributed by atoms with van der Waals surface area (Å²) in [7, 11) is 0. The van der Waals surface area contributed by atoms with Crippen molar-refractivity contribution >= 4 is 17.6 Å². The summed E-state index contributed by atoms with van der Waals surface area (Å²) in [6, 6.07) is 14.3. The molecule has 2 N–H and O–H groups in total. The molecule has 0 heterocycles. The summed E-state index contributed by atoms with van der Waals surface area (Å²) in [4.78, 5) is 23.1. The van der Waals surface area contributed by atoms with Crippen LogP contribution in [0.2, 0.25) is 0 Å². The summed E-state index contributed by atoms with van der Waals surface area (Å²) in [6.07, 6.45) is 1.52. The number of carbonyl (C=O) groups excluding carboxylic acids is 1. The first-order valence-corrected chi connectivity index (χ1v) is 6.84. The number of aromatic carboxylic acids is 1. The molecule has 4 nitrogen and oxygen atoms in total. The van der Waals surface area contributed by atoms with Gasteiger partial charge >= 0.3 is 5.97 Å². The van der Waals surface area contributed by atoms with E-state index in [1.54, 1.807) is 12.1 Å². The standard InChI is InChI=1S/C17H15NO3/c19-16(14-9-12-3-1-2-4-13(12)10-14)18-15-7-5-11(6-8-15)17(20)21/h1-8,14H,9-10H2,(H,18,19)(H,20,21). The predicted octanol–water partition coefficient (Wildman–Crippen LogP) is 2.74. The van der Waals surface area contributed by atoms with Crippen LogP contribution in [0.4, 0.5) is 5.69 Å². The van der Waals surface area contributed by atoms with Crippen LogP contribution in [0.5, 0.6) is 0 Å². The van der Waals surface area contributed by atoms with E-state index in [4.69, 9.17) is 5.11 Å². The number of benzene rings is 2. The summed E-state index contributed by atoms with van der Waals surface area (Å²) >= 11 is 0. The van der Waals surface area contributed by atoms with E-state index in [1.807, 2.05) is 12.1 Å². The second kappa shape index (κ2) is 5.40. The maximum atomic E-state index is 12.3. The number of carboxylic acid groups (broad SMARTS) is 1. The first kappa shape index (κ1) is 13.4. The Morgan fingerprint density at radius 1 is 0.952 bits per heavy atom. The molecule has 0 saturated carbocycles. The van der Waals surface area contributed by atoms with Crippen molar-refractivity contribution in [3.63, 3.8) is 0 Å². The SMILES string of the molecule is O=C(O)c1ccc(NC(=O)C2Cc3ccccc3C2)cc1. The van der Waals surface area contributed by atoms with Crippen molar-refractivity contribution in [1.82, 2.24) is 0 Å². The molecule has 106 valence electrons. The van der Waals surface area contributed by atoms with Crippen LogP contribution < -0.4 is 5.32 Å². The zero-order chi connectivity index (χ0) is 14.8. The molecule has 0 unspecified atom stereocenters. The smallest absolute Gasteiger partial charge is 0.335 e. The number of fused-ring (bicyclic) bond motifs is 1. The Balaban J connectivity index is 1.66. The normalized spacial score (nSPS) is 13.7. The number of carboxylic acids is 1. The van der Waals surface area contributed by atoms with Gasteiger partial charge in [-0.2, -0.15) is 0 Å². The van der Waals surface area contributed by atoms with Gasteiger partial charge in [0.2, 0.25) is 5.91 Å². The highest BCUT2D eigenvalue weighted by atomic mass is 16.4. The Morgan fingerprint density at radius 2 is 1.52 bits per heavy atom. The number of hydrogen-bond donors (Lipinski definition) is 2. The van der Waals surface area contributed by atoms with E-state index >= 15 is 0 Å². The lowest BCUT2D eigenvalue weighted by Crippen LogP contribution is -2.23. The Morgan fingerprint density at radius 3 is 2.05 bits per heavy atom. The van der Waals surface area contributed by atoms with Gasteiger partial charge in [-0.1, -0.05) is 24.3 Å². The molecule has 0 radical (unpaired) electrons. The van der Waals surface area contributed by atoms with E-state index < -0.39 is 5.97 Å². The second-order valence-corrected chi connectivity index (χ2v) is 5.25. The quantitative estimate of drug-likeness (QED) is 0.909. The molecule has 0 aromatic heterocycles. The van der Waals surface area contributed by atoms with Crippen LogP contribution in [0, 0.1) is 5.92 Å². The molecule has 0 spiro atoms.